The Bertz CT molecular complexity index is 717. The quantitative estimate of drug-likeness (QED) is 0.771. The van der Waals surface area contributed by atoms with E-state index < -0.39 is 0 Å². The van der Waals surface area contributed by atoms with Crippen molar-refractivity contribution >= 4 is 29.5 Å². The minimum absolute atomic E-state index is 0.0502. The normalized spacial score (nSPS) is 16.9. The number of carbonyl (C=O) groups excluding carboxylic acids is 1. The van der Waals surface area contributed by atoms with Gasteiger partial charge in [-0.15, -0.1) is 11.3 Å². The number of thiophene rings is 1. The van der Waals surface area contributed by atoms with Gasteiger partial charge in [-0.25, -0.2) is 0 Å². The van der Waals surface area contributed by atoms with Crippen LogP contribution >= 0.6 is 23.6 Å². The van der Waals surface area contributed by atoms with Crippen molar-refractivity contribution in [2.75, 3.05) is 13.2 Å². The number of H-pyrrole nitrogens is 1. The van der Waals surface area contributed by atoms with Crippen molar-refractivity contribution in [3.05, 3.63) is 22.3 Å². The maximum atomic E-state index is 12.3. The molecule has 0 bridgehead atoms. The number of hydrogen-bond donors (Lipinski definition) is 2. The molecule has 1 atom stereocenters. The number of hydrogen-bond acceptors (Lipinski definition) is 5. The Labute approximate surface area is 150 Å². The number of nitrogens with one attached hydrogen (secondary N) is 2. The molecular weight excluding hydrogens is 344 g/mol. The Morgan fingerprint density at radius 1 is 1.58 bits per heavy atom. The van der Waals surface area contributed by atoms with Crippen LogP contribution in [0.3, 0.4) is 0 Å². The van der Waals surface area contributed by atoms with E-state index in [0.29, 0.717) is 23.7 Å². The summed E-state index contributed by atoms with van der Waals surface area (Å²) in [4.78, 5) is 13.3. The Morgan fingerprint density at radius 3 is 3.08 bits per heavy atom. The molecule has 8 heteroatoms. The number of aromatic nitrogens is 3. The molecule has 2 aromatic heterocycles. The third-order valence-corrected chi connectivity index (χ3v) is 5.60. The molecule has 1 amide bonds. The van der Waals surface area contributed by atoms with Crippen molar-refractivity contribution in [3.8, 4) is 10.7 Å². The fourth-order valence-corrected chi connectivity index (χ4v) is 3.94. The summed E-state index contributed by atoms with van der Waals surface area (Å²) in [5.74, 6) is 1.34. The lowest BCUT2D eigenvalue weighted by molar-refractivity contribution is -0.122. The molecule has 3 heterocycles. The lowest BCUT2D eigenvalue weighted by Gasteiger charge is -2.28. The van der Waals surface area contributed by atoms with E-state index in [-0.39, 0.29) is 11.9 Å². The first-order valence-electron chi connectivity index (χ1n) is 8.21. The molecular formula is C16H22N4O2S2. The highest BCUT2D eigenvalue weighted by molar-refractivity contribution is 7.71. The van der Waals surface area contributed by atoms with Crippen LogP contribution in [0, 0.1) is 10.7 Å². The van der Waals surface area contributed by atoms with Gasteiger partial charge >= 0.3 is 0 Å². The summed E-state index contributed by atoms with van der Waals surface area (Å²) in [6.45, 7) is 4.18. The van der Waals surface area contributed by atoms with E-state index >= 15 is 0 Å². The van der Waals surface area contributed by atoms with Gasteiger partial charge in [-0.3, -0.25) is 14.5 Å². The van der Waals surface area contributed by atoms with E-state index in [1.165, 1.54) is 0 Å². The SMILES string of the molecule is C[C@@H](NC(=O)CCn1c(-c2cccs2)n[nH]c1=S)C1CCOCC1. The number of aromatic amines is 1. The first-order chi connectivity index (χ1) is 11.6. The monoisotopic (exact) mass is 366 g/mol. The number of amides is 1. The predicted molar refractivity (Wildman–Crippen MR) is 96.5 cm³/mol. The molecule has 0 aromatic carbocycles. The fraction of sp³-hybridized carbons (Fsp3) is 0.562. The lowest BCUT2D eigenvalue weighted by atomic mass is 9.93. The third-order valence-electron chi connectivity index (χ3n) is 4.42. The second-order valence-electron chi connectivity index (χ2n) is 6.04. The van der Waals surface area contributed by atoms with Crippen LogP contribution < -0.4 is 5.32 Å². The minimum atomic E-state index is 0.0502. The van der Waals surface area contributed by atoms with E-state index in [0.717, 1.165) is 36.8 Å². The molecule has 0 radical (unpaired) electrons. The summed E-state index contributed by atoms with van der Waals surface area (Å²) in [5.41, 5.74) is 0. The van der Waals surface area contributed by atoms with Gasteiger partial charge in [-0.05, 0) is 49.3 Å². The zero-order chi connectivity index (χ0) is 16.9. The van der Waals surface area contributed by atoms with Gasteiger partial charge in [0.1, 0.15) is 0 Å². The van der Waals surface area contributed by atoms with E-state index in [1.807, 2.05) is 22.1 Å². The Morgan fingerprint density at radius 2 is 2.38 bits per heavy atom. The summed E-state index contributed by atoms with van der Waals surface area (Å²) >= 11 is 6.90. The van der Waals surface area contributed by atoms with Crippen LogP contribution in [-0.2, 0) is 16.1 Å². The summed E-state index contributed by atoms with van der Waals surface area (Å²) in [5, 5.41) is 12.2. The van der Waals surface area contributed by atoms with Gasteiger partial charge in [0.2, 0.25) is 5.91 Å². The van der Waals surface area contributed by atoms with Gasteiger partial charge in [0.15, 0.2) is 10.6 Å². The molecule has 6 nitrogen and oxygen atoms in total. The molecule has 1 aliphatic heterocycles. The van der Waals surface area contributed by atoms with Crippen molar-refractivity contribution in [3.63, 3.8) is 0 Å². The number of carbonyl (C=O) groups is 1. The molecule has 3 rings (SSSR count). The zero-order valence-corrected chi connectivity index (χ0v) is 15.3. The molecule has 1 saturated heterocycles. The molecule has 0 spiro atoms. The fourth-order valence-electron chi connectivity index (χ4n) is 2.99. The molecule has 24 heavy (non-hydrogen) atoms. The molecule has 0 saturated carbocycles. The van der Waals surface area contributed by atoms with E-state index in [2.05, 4.69) is 22.4 Å². The highest BCUT2D eigenvalue weighted by atomic mass is 32.1. The van der Waals surface area contributed by atoms with Gasteiger partial charge in [0, 0.05) is 32.2 Å². The van der Waals surface area contributed by atoms with E-state index in [9.17, 15) is 4.79 Å². The number of ether oxygens (including phenoxy) is 1. The summed E-state index contributed by atoms with van der Waals surface area (Å²) < 4.78 is 7.81. The largest absolute Gasteiger partial charge is 0.381 e. The maximum Gasteiger partial charge on any atom is 0.222 e. The molecule has 1 fully saturated rings. The van der Waals surface area contributed by atoms with Crippen molar-refractivity contribution in [1.82, 2.24) is 20.1 Å². The van der Waals surface area contributed by atoms with E-state index in [4.69, 9.17) is 17.0 Å². The zero-order valence-electron chi connectivity index (χ0n) is 13.7. The second-order valence-corrected chi connectivity index (χ2v) is 7.37. The first kappa shape index (κ1) is 17.3. The Kier molecular flexibility index (Phi) is 5.80. The standard InChI is InChI=1S/C16H22N4O2S2/c1-11(12-5-8-22-9-6-12)17-14(21)4-7-20-15(18-19-16(20)23)13-3-2-10-24-13/h2-3,10-12H,4-9H2,1H3,(H,17,21)(H,19,23)/t11-/m1/s1. The van der Waals surface area contributed by atoms with Crippen LogP contribution in [0.25, 0.3) is 10.7 Å². The van der Waals surface area contributed by atoms with Gasteiger partial charge in [0.05, 0.1) is 4.88 Å². The van der Waals surface area contributed by atoms with Crippen LogP contribution in [0.5, 0.6) is 0 Å². The summed E-state index contributed by atoms with van der Waals surface area (Å²) in [7, 11) is 0. The van der Waals surface area contributed by atoms with Gasteiger partial charge in [0.25, 0.3) is 0 Å². The van der Waals surface area contributed by atoms with Crippen LogP contribution in [0.15, 0.2) is 17.5 Å². The first-order valence-corrected chi connectivity index (χ1v) is 9.50. The van der Waals surface area contributed by atoms with Gasteiger partial charge < -0.3 is 10.1 Å². The third kappa shape index (κ3) is 4.12. The molecule has 0 unspecified atom stereocenters. The highest BCUT2D eigenvalue weighted by Gasteiger charge is 2.22. The van der Waals surface area contributed by atoms with Crippen molar-refractivity contribution in [2.24, 2.45) is 5.92 Å². The van der Waals surface area contributed by atoms with Crippen LogP contribution in [-0.4, -0.2) is 39.9 Å². The smallest absolute Gasteiger partial charge is 0.222 e. The molecule has 130 valence electrons. The number of nitrogens with zero attached hydrogens (tertiary/aromatic N) is 2. The number of rotatable bonds is 6. The predicted octanol–water partition coefficient (Wildman–Crippen LogP) is 2.99. The summed E-state index contributed by atoms with van der Waals surface area (Å²) in [6.07, 6.45) is 2.41. The van der Waals surface area contributed by atoms with Gasteiger partial charge in [-0.2, -0.15) is 5.10 Å². The van der Waals surface area contributed by atoms with Crippen molar-refractivity contribution in [2.45, 2.75) is 38.8 Å². The van der Waals surface area contributed by atoms with Crippen molar-refractivity contribution in [1.29, 1.82) is 0 Å². The van der Waals surface area contributed by atoms with Crippen LogP contribution in [0.2, 0.25) is 0 Å². The summed E-state index contributed by atoms with van der Waals surface area (Å²) in [6, 6.07) is 4.15. The second kappa shape index (κ2) is 8.04. The van der Waals surface area contributed by atoms with E-state index in [1.54, 1.807) is 11.3 Å². The van der Waals surface area contributed by atoms with Crippen molar-refractivity contribution < 1.29 is 9.53 Å². The lowest BCUT2D eigenvalue weighted by Crippen LogP contribution is -2.40. The average molecular weight is 367 g/mol. The average Bonchev–Trinajstić information content (AvgIpc) is 3.23. The van der Waals surface area contributed by atoms with Crippen LogP contribution in [0.1, 0.15) is 26.2 Å². The molecule has 0 aliphatic carbocycles. The van der Waals surface area contributed by atoms with Gasteiger partial charge in [-0.1, -0.05) is 6.07 Å². The Hall–Kier alpha value is -1.51. The maximum absolute atomic E-state index is 12.3. The topological polar surface area (TPSA) is 71.9 Å². The molecule has 2 aromatic rings. The van der Waals surface area contributed by atoms with Crippen LogP contribution in [0.4, 0.5) is 0 Å². The molecule has 2 N–H and O–H groups in total. The minimum Gasteiger partial charge on any atom is -0.381 e. The Balaban J connectivity index is 1.57. The highest BCUT2D eigenvalue weighted by Crippen LogP contribution is 2.23. The molecule has 1 aliphatic rings.